The molecule has 0 radical (unpaired) electrons. The molecular weight excluding hydrogens is 354 g/mol. The van der Waals surface area contributed by atoms with Gasteiger partial charge in [-0.1, -0.05) is 13.8 Å². The number of methoxy groups -OCH3 is 1. The Kier molecular flexibility index (Phi) is 6.16. The molecule has 0 saturated carbocycles. The van der Waals surface area contributed by atoms with Gasteiger partial charge in [-0.25, -0.2) is 14.6 Å². The number of anilines is 1. The molecule has 2 heterocycles. The van der Waals surface area contributed by atoms with E-state index in [2.05, 4.69) is 9.88 Å². The van der Waals surface area contributed by atoms with Crippen molar-refractivity contribution in [3.63, 3.8) is 0 Å². The van der Waals surface area contributed by atoms with Gasteiger partial charge in [0.05, 0.1) is 12.1 Å². The molecule has 1 aromatic rings. The van der Waals surface area contributed by atoms with Crippen molar-refractivity contribution in [2.75, 3.05) is 31.6 Å². The molecule has 1 aliphatic heterocycles. The average Bonchev–Trinajstić information content (AvgIpc) is 2.97. The summed E-state index contributed by atoms with van der Waals surface area (Å²) >= 11 is 1.52. The Balaban J connectivity index is 2.18. The third kappa shape index (κ3) is 4.66. The molecule has 146 valence electrons. The van der Waals surface area contributed by atoms with E-state index in [1.165, 1.54) is 18.4 Å². The summed E-state index contributed by atoms with van der Waals surface area (Å²) in [7, 11) is 1.36. The van der Waals surface area contributed by atoms with E-state index in [1.54, 1.807) is 4.90 Å². The summed E-state index contributed by atoms with van der Waals surface area (Å²) in [6, 6.07) is -0.0336. The van der Waals surface area contributed by atoms with Crippen LogP contribution < -0.4 is 4.90 Å². The molecule has 7 nitrogen and oxygen atoms in total. The van der Waals surface area contributed by atoms with Crippen LogP contribution in [0.2, 0.25) is 0 Å². The summed E-state index contributed by atoms with van der Waals surface area (Å²) in [6.45, 7) is 13.4. The van der Waals surface area contributed by atoms with Crippen molar-refractivity contribution >= 4 is 28.4 Å². The van der Waals surface area contributed by atoms with Crippen LogP contribution in [0, 0.1) is 0 Å². The highest BCUT2D eigenvalue weighted by molar-refractivity contribution is 7.16. The molecule has 1 saturated heterocycles. The van der Waals surface area contributed by atoms with Gasteiger partial charge in [0.15, 0.2) is 5.69 Å². The van der Waals surface area contributed by atoms with Crippen LogP contribution in [-0.4, -0.2) is 60.3 Å². The van der Waals surface area contributed by atoms with Gasteiger partial charge in [-0.05, 0) is 27.7 Å². The van der Waals surface area contributed by atoms with Gasteiger partial charge < -0.3 is 19.3 Å². The quantitative estimate of drug-likeness (QED) is 0.744. The summed E-state index contributed by atoms with van der Waals surface area (Å²) in [5, 5.41) is 1.72. The molecule has 2 rings (SSSR count). The van der Waals surface area contributed by atoms with Crippen molar-refractivity contribution in [1.82, 2.24) is 9.88 Å². The topological polar surface area (TPSA) is 72.0 Å². The number of hydrogen-bond acceptors (Lipinski definition) is 7. The number of carbonyl (C=O) groups excluding carboxylic acids is 2. The van der Waals surface area contributed by atoms with Gasteiger partial charge in [0, 0.05) is 31.6 Å². The van der Waals surface area contributed by atoms with Gasteiger partial charge in [-0.15, -0.1) is 11.3 Å². The standard InChI is InChI=1S/C18H29N3O4S/c1-11(2)14-19-13(16(22)24-7)15(26-14)20-8-9-21(12(3)10-20)17(23)25-18(4,5)6/h11-12H,8-10H2,1-7H3. The minimum absolute atomic E-state index is 0.0336. The predicted molar refractivity (Wildman–Crippen MR) is 102 cm³/mol. The number of thiazole rings is 1. The summed E-state index contributed by atoms with van der Waals surface area (Å²) < 4.78 is 10.4. The zero-order valence-corrected chi connectivity index (χ0v) is 17.5. The number of hydrogen-bond donors (Lipinski definition) is 0. The molecule has 1 unspecified atom stereocenters. The number of carbonyl (C=O) groups is 2. The van der Waals surface area contributed by atoms with Crippen molar-refractivity contribution < 1.29 is 19.1 Å². The normalized spacial score (nSPS) is 18.2. The largest absolute Gasteiger partial charge is 0.464 e. The SMILES string of the molecule is COC(=O)c1nc(C(C)C)sc1N1CCN(C(=O)OC(C)(C)C)C(C)C1. The maximum absolute atomic E-state index is 12.4. The Morgan fingerprint density at radius 3 is 2.42 bits per heavy atom. The lowest BCUT2D eigenvalue weighted by Gasteiger charge is -2.40. The van der Waals surface area contributed by atoms with Crippen LogP contribution in [0.4, 0.5) is 9.80 Å². The lowest BCUT2D eigenvalue weighted by Crippen LogP contribution is -2.55. The van der Waals surface area contributed by atoms with Gasteiger partial charge in [0.2, 0.25) is 0 Å². The molecule has 1 amide bonds. The van der Waals surface area contributed by atoms with E-state index in [9.17, 15) is 9.59 Å². The van der Waals surface area contributed by atoms with Gasteiger partial charge in [-0.2, -0.15) is 0 Å². The number of esters is 1. The fourth-order valence-corrected chi connectivity index (χ4v) is 3.84. The molecule has 1 aromatic heterocycles. The number of amides is 1. The van der Waals surface area contributed by atoms with E-state index >= 15 is 0 Å². The first-order chi connectivity index (χ1) is 12.0. The van der Waals surface area contributed by atoms with E-state index in [-0.39, 0.29) is 18.1 Å². The number of aromatic nitrogens is 1. The number of rotatable bonds is 3. The van der Waals surface area contributed by atoms with E-state index < -0.39 is 11.6 Å². The highest BCUT2D eigenvalue weighted by Gasteiger charge is 2.33. The summed E-state index contributed by atoms with van der Waals surface area (Å²) in [4.78, 5) is 32.9. The summed E-state index contributed by atoms with van der Waals surface area (Å²) in [5.41, 5.74) is -0.158. The third-order valence-corrected chi connectivity index (χ3v) is 5.46. The van der Waals surface area contributed by atoms with Crippen LogP contribution in [0.3, 0.4) is 0 Å². The molecule has 0 aromatic carbocycles. The van der Waals surface area contributed by atoms with Crippen LogP contribution >= 0.6 is 11.3 Å². The molecule has 1 aliphatic rings. The molecule has 0 spiro atoms. The highest BCUT2D eigenvalue weighted by Crippen LogP contribution is 2.34. The zero-order chi connectivity index (χ0) is 19.6. The molecule has 0 N–H and O–H groups in total. The first-order valence-electron chi connectivity index (χ1n) is 8.87. The molecule has 0 bridgehead atoms. The number of ether oxygens (including phenoxy) is 2. The Bertz CT molecular complexity index is 666. The maximum Gasteiger partial charge on any atom is 0.410 e. The van der Waals surface area contributed by atoms with Crippen molar-refractivity contribution in [2.24, 2.45) is 0 Å². The minimum Gasteiger partial charge on any atom is -0.464 e. The number of piperazine rings is 1. The fourth-order valence-electron chi connectivity index (χ4n) is 2.75. The molecule has 26 heavy (non-hydrogen) atoms. The fraction of sp³-hybridized carbons (Fsp3) is 0.722. The van der Waals surface area contributed by atoms with E-state index in [4.69, 9.17) is 9.47 Å². The van der Waals surface area contributed by atoms with Crippen LogP contribution in [0.25, 0.3) is 0 Å². The lowest BCUT2D eigenvalue weighted by molar-refractivity contribution is 0.0158. The lowest BCUT2D eigenvalue weighted by atomic mass is 10.2. The third-order valence-electron chi connectivity index (χ3n) is 4.04. The van der Waals surface area contributed by atoms with Gasteiger partial charge in [-0.3, -0.25) is 0 Å². The Labute approximate surface area is 159 Å². The zero-order valence-electron chi connectivity index (χ0n) is 16.7. The van der Waals surface area contributed by atoms with E-state index in [0.717, 1.165) is 10.0 Å². The van der Waals surface area contributed by atoms with Crippen LogP contribution in [0.1, 0.15) is 63.0 Å². The first-order valence-corrected chi connectivity index (χ1v) is 9.68. The van der Waals surface area contributed by atoms with E-state index in [0.29, 0.717) is 25.3 Å². The van der Waals surface area contributed by atoms with Crippen LogP contribution in [-0.2, 0) is 9.47 Å². The van der Waals surface area contributed by atoms with Crippen molar-refractivity contribution in [1.29, 1.82) is 0 Å². The van der Waals surface area contributed by atoms with E-state index in [1.807, 2.05) is 41.5 Å². The van der Waals surface area contributed by atoms with Gasteiger partial charge >= 0.3 is 12.1 Å². The van der Waals surface area contributed by atoms with Crippen molar-refractivity contribution in [2.45, 2.75) is 59.1 Å². The second kappa shape index (κ2) is 7.82. The minimum atomic E-state index is -0.518. The smallest absolute Gasteiger partial charge is 0.410 e. The average molecular weight is 384 g/mol. The Morgan fingerprint density at radius 2 is 1.92 bits per heavy atom. The van der Waals surface area contributed by atoms with Crippen LogP contribution in [0.15, 0.2) is 0 Å². The molecule has 1 atom stereocenters. The summed E-state index contributed by atoms with van der Waals surface area (Å²) in [5.74, 6) is -0.192. The molecule has 8 heteroatoms. The Hall–Kier alpha value is -1.83. The van der Waals surface area contributed by atoms with Gasteiger partial charge in [0.1, 0.15) is 10.6 Å². The molecule has 0 aliphatic carbocycles. The van der Waals surface area contributed by atoms with Crippen molar-refractivity contribution in [3.8, 4) is 0 Å². The maximum atomic E-state index is 12.4. The van der Waals surface area contributed by atoms with Gasteiger partial charge in [0.25, 0.3) is 0 Å². The second-order valence-electron chi connectivity index (χ2n) is 7.82. The Morgan fingerprint density at radius 1 is 1.27 bits per heavy atom. The van der Waals surface area contributed by atoms with Crippen LogP contribution in [0.5, 0.6) is 0 Å². The number of nitrogens with zero attached hydrogens (tertiary/aromatic N) is 3. The second-order valence-corrected chi connectivity index (χ2v) is 8.83. The van der Waals surface area contributed by atoms with Crippen molar-refractivity contribution in [3.05, 3.63) is 10.7 Å². The predicted octanol–water partition coefficient (Wildman–Crippen LogP) is 3.50. The molecular formula is C18H29N3O4S. The summed E-state index contributed by atoms with van der Waals surface area (Å²) in [6.07, 6.45) is -0.301. The first kappa shape index (κ1) is 20.5. The molecule has 1 fully saturated rings. The highest BCUT2D eigenvalue weighted by atomic mass is 32.1. The monoisotopic (exact) mass is 383 g/mol.